The topological polar surface area (TPSA) is 70.9 Å². The van der Waals surface area contributed by atoms with Gasteiger partial charge in [0.2, 0.25) is 0 Å². The number of oxime groups is 1. The summed E-state index contributed by atoms with van der Waals surface area (Å²) in [7, 11) is 0. The van der Waals surface area contributed by atoms with Crippen molar-refractivity contribution in [2.75, 3.05) is 6.61 Å². The molecule has 1 heterocycles. The fourth-order valence-corrected chi connectivity index (χ4v) is 1.44. The maximum atomic E-state index is 11.3. The molecule has 0 aromatic heterocycles. The molecule has 0 saturated carbocycles. The number of nitrogens with zero attached hydrogens (tertiary/aromatic N) is 1. The summed E-state index contributed by atoms with van der Waals surface area (Å²) in [5.74, 6) is -0.844. The van der Waals surface area contributed by atoms with Crippen LogP contribution in [0.25, 0.3) is 0 Å². The molecule has 0 radical (unpaired) electrons. The molecule has 92 valence electrons. The van der Waals surface area contributed by atoms with Crippen LogP contribution in [-0.4, -0.2) is 38.7 Å². The van der Waals surface area contributed by atoms with Gasteiger partial charge in [-0.1, -0.05) is 51.6 Å². The van der Waals surface area contributed by atoms with Crippen molar-refractivity contribution in [3.63, 3.8) is 0 Å². The Balaban J connectivity index is 2.54. The maximum Gasteiger partial charge on any atom is 0.272 e. The van der Waals surface area contributed by atoms with Crippen LogP contribution >= 0.6 is 46.4 Å². The van der Waals surface area contributed by atoms with Crippen molar-refractivity contribution in [3.05, 3.63) is 0 Å². The van der Waals surface area contributed by atoms with E-state index in [9.17, 15) is 4.79 Å². The first-order valence-electron chi connectivity index (χ1n) is 4.21. The molecule has 0 fully saturated rings. The minimum Gasteiger partial charge on any atom is -0.394 e. The molecule has 0 aliphatic carbocycles. The molecule has 5 nitrogen and oxygen atoms in total. The van der Waals surface area contributed by atoms with E-state index in [4.69, 9.17) is 56.3 Å². The minimum absolute atomic E-state index is 0.256. The zero-order chi connectivity index (χ0) is 12.3. The van der Waals surface area contributed by atoms with E-state index in [0.29, 0.717) is 0 Å². The lowest BCUT2D eigenvalue weighted by molar-refractivity contribution is -0.122. The highest BCUT2D eigenvalue weighted by atomic mass is 35.6. The van der Waals surface area contributed by atoms with E-state index in [-0.39, 0.29) is 18.2 Å². The average Bonchev–Trinajstić information content (AvgIpc) is 2.59. The lowest BCUT2D eigenvalue weighted by atomic mass is 10.1. The summed E-state index contributed by atoms with van der Waals surface area (Å²) in [6.45, 7) is -0.378. The monoisotopic (exact) mass is 308 g/mol. The number of aliphatic hydroxyl groups excluding tert-OH is 1. The quantitative estimate of drug-likeness (QED) is 0.769. The Morgan fingerprint density at radius 3 is 2.69 bits per heavy atom. The SMILES string of the molecule is O=C(NC(CO)C1CC(Cl)=NO1)C(Cl)(Cl)Cl. The van der Waals surface area contributed by atoms with Crippen molar-refractivity contribution in [3.8, 4) is 0 Å². The van der Waals surface area contributed by atoms with Gasteiger partial charge >= 0.3 is 0 Å². The molecule has 0 aromatic rings. The Morgan fingerprint density at radius 2 is 2.31 bits per heavy atom. The van der Waals surface area contributed by atoms with Crippen LogP contribution in [0.15, 0.2) is 5.16 Å². The molecule has 2 atom stereocenters. The van der Waals surface area contributed by atoms with Crippen molar-refractivity contribution >= 4 is 57.5 Å². The van der Waals surface area contributed by atoms with E-state index in [1.54, 1.807) is 0 Å². The predicted molar refractivity (Wildman–Crippen MR) is 62.1 cm³/mol. The zero-order valence-corrected chi connectivity index (χ0v) is 10.8. The molecule has 0 aromatic carbocycles. The Bertz CT molecular complexity index is 304. The van der Waals surface area contributed by atoms with E-state index in [0.717, 1.165) is 0 Å². The number of aliphatic hydroxyl groups is 1. The average molecular weight is 310 g/mol. The second-order valence-electron chi connectivity index (χ2n) is 3.08. The highest BCUT2D eigenvalue weighted by Crippen LogP contribution is 2.26. The Labute approximate surface area is 112 Å². The Kier molecular flexibility index (Phi) is 4.94. The molecule has 9 heteroatoms. The van der Waals surface area contributed by atoms with Gasteiger partial charge in [0.15, 0.2) is 6.10 Å². The number of rotatable bonds is 3. The first kappa shape index (κ1) is 14.1. The van der Waals surface area contributed by atoms with Crippen molar-refractivity contribution in [1.82, 2.24) is 5.32 Å². The summed E-state index contributed by atoms with van der Waals surface area (Å²) in [5.41, 5.74) is 0. The molecule has 2 unspecified atom stereocenters. The lowest BCUT2D eigenvalue weighted by Gasteiger charge is -2.22. The maximum absolute atomic E-state index is 11.3. The third kappa shape index (κ3) is 3.82. The van der Waals surface area contributed by atoms with Crippen LogP contribution in [0.1, 0.15) is 6.42 Å². The normalized spacial score (nSPS) is 22.3. The fraction of sp³-hybridized carbons (Fsp3) is 0.714. The second kappa shape index (κ2) is 5.60. The minimum atomic E-state index is -2.09. The van der Waals surface area contributed by atoms with Crippen LogP contribution in [0.4, 0.5) is 0 Å². The summed E-state index contributed by atoms with van der Waals surface area (Å²) in [6.07, 6.45) is -0.277. The first-order chi connectivity index (χ1) is 7.34. The van der Waals surface area contributed by atoms with Crippen molar-refractivity contribution < 1.29 is 14.7 Å². The highest BCUT2D eigenvalue weighted by molar-refractivity contribution is 6.76. The number of amides is 1. The number of halogens is 4. The molecule has 16 heavy (non-hydrogen) atoms. The van der Waals surface area contributed by atoms with Gasteiger partial charge in [-0.3, -0.25) is 4.79 Å². The largest absolute Gasteiger partial charge is 0.394 e. The molecule has 0 spiro atoms. The second-order valence-corrected chi connectivity index (χ2v) is 5.79. The van der Waals surface area contributed by atoms with Gasteiger partial charge < -0.3 is 15.3 Å². The number of alkyl halides is 3. The summed E-state index contributed by atoms with van der Waals surface area (Å²) < 4.78 is -2.09. The van der Waals surface area contributed by atoms with Crippen LogP contribution in [0.3, 0.4) is 0 Å². The van der Waals surface area contributed by atoms with E-state index in [1.165, 1.54) is 0 Å². The van der Waals surface area contributed by atoms with Gasteiger partial charge in [0.1, 0.15) is 5.17 Å². The van der Waals surface area contributed by atoms with Gasteiger partial charge in [-0.05, 0) is 0 Å². The van der Waals surface area contributed by atoms with Gasteiger partial charge in [0.05, 0.1) is 12.6 Å². The third-order valence-corrected chi connectivity index (χ3v) is 2.61. The predicted octanol–water partition coefficient (Wildman–Crippen LogP) is 1.17. The summed E-state index contributed by atoms with van der Waals surface area (Å²) in [5, 5.41) is 15.1. The standard InChI is InChI=1S/C7H8Cl4N2O3/c8-5-1-4(16-13-5)3(2-14)12-6(15)7(9,10)11/h3-4,14H,1-2H2,(H,12,15). The van der Waals surface area contributed by atoms with Gasteiger partial charge in [-0.2, -0.15) is 0 Å². The first-order valence-corrected chi connectivity index (χ1v) is 5.72. The Morgan fingerprint density at radius 1 is 1.69 bits per heavy atom. The molecular weight excluding hydrogens is 302 g/mol. The summed E-state index contributed by atoms with van der Waals surface area (Å²) in [6, 6.07) is -0.733. The van der Waals surface area contributed by atoms with Crippen molar-refractivity contribution in [1.29, 1.82) is 0 Å². The van der Waals surface area contributed by atoms with E-state index >= 15 is 0 Å². The number of hydrogen-bond donors (Lipinski definition) is 2. The Hall–Kier alpha value is 0.0600. The molecule has 2 N–H and O–H groups in total. The number of carbonyl (C=O) groups is 1. The summed E-state index contributed by atoms with van der Waals surface area (Å²) >= 11 is 21.7. The molecule has 1 amide bonds. The van der Waals surface area contributed by atoms with Crippen LogP contribution < -0.4 is 5.32 Å². The van der Waals surface area contributed by atoms with Gasteiger partial charge in [-0.15, -0.1) is 0 Å². The molecule has 0 saturated heterocycles. The smallest absolute Gasteiger partial charge is 0.272 e. The van der Waals surface area contributed by atoms with Gasteiger partial charge in [0, 0.05) is 6.42 Å². The van der Waals surface area contributed by atoms with Crippen LogP contribution in [0.5, 0.6) is 0 Å². The van der Waals surface area contributed by atoms with Crippen LogP contribution in [0, 0.1) is 0 Å². The van der Waals surface area contributed by atoms with E-state index < -0.39 is 21.8 Å². The highest BCUT2D eigenvalue weighted by Gasteiger charge is 2.36. The number of hydrogen-bond acceptors (Lipinski definition) is 4. The number of carbonyl (C=O) groups excluding carboxylic acids is 1. The van der Waals surface area contributed by atoms with Gasteiger partial charge in [-0.25, -0.2) is 0 Å². The van der Waals surface area contributed by atoms with Crippen molar-refractivity contribution in [2.45, 2.75) is 22.4 Å². The van der Waals surface area contributed by atoms with Crippen LogP contribution in [-0.2, 0) is 9.63 Å². The van der Waals surface area contributed by atoms with Crippen LogP contribution in [0.2, 0.25) is 0 Å². The molecule has 1 aliphatic heterocycles. The van der Waals surface area contributed by atoms with E-state index in [2.05, 4.69) is 10.5 Å². The van der Waals surface area contributed by atoms with E-state index in [1.807, 2.05) is 0 Å². The molecule has 0 bridgehead atoms. The van der Waals surface area contributed by atoms with Crippen molar-refractivity contribution in [2.24, 2.45) is 5.16 Å². The molecular formula is C7H8Cl4N2O3. The summed E-state index contributed by atoms with van der Waals surface area (Å²) in [4.78, 5) is 16.2. The zero-order valence-electron chi connectivity index (χ0n) is 7.79. The fourth-order valence-electron chi connectivity index (χ4n) is 1.09. The molecule has 1 rings (SSSR count). The molecule has 1 aliphatic rings. The lowest BCUT2D eigenvalue weighted by Crippen LogP contribution is -2.49. The number of nitrogens with one attached hydrogen (secondary N) is 1. The van der Waals surface area contributed by atoms with Gasteiger partial charge in [0.25, 0.3) is 9.70 Å². The third-order valence-electron chi connectivity index (χ3n) is 1.88.